The van der Waals surface area contributed by atoms with Gasteiger partial charge in [-0.3, -0.25) is 9.89 Å². The first-order valence-corrected chi connectivity index (χ1v) is 8.78. The van der Waals surface area contributed by atoms with E-state index < -0.39 is 23.9 Å². The van der Waals surface area contributed by atoms with Crippen molar-refractivity contribution >= 4 is 34.5 Å². The van der Waals surface area contributed by atoms with E-state index in [4.69, 9.17) is 0 Å². The number of fused-ring (bicyclic) bond motifs is 1. The summed E-state index contributed by atoms with van der Waals surface area (Å²) < 4.78 is 0. The highest BCUT2D eigenvalue weighted by molar-refractivity contribution is 6.07. The number of amides is 3. The number of carboxylic acid groups (broad SMARTS) is 1. The molecule has 1 atom stereocenters. The fraction of sp³-hybridized carbons (Fsp3) is 0.100. The number of aromatic carboxylic acids is 1. The third kappa shape index (κ3) is 3.53. The van der Waals surface area contributed by atoms with Gasteiger partial charge in [-0.2, -0.15) is 5.10 Å². The minimum atomic E-state index is -1.09. The molecule has 0 radical (unpaired) electrons. The predicted octanol–water partition coefficient (Wildman–Crippen LogP) is 2.53. The van der Waals surface area contributed by atoms with Crippen LogP contribution in [-0.4, -0.2) is 33.2 Å². The quantitative estimate of drug-likeness (QED) is 0.466. The lowest BCUT2D eigenvalue weighted by atomic mass is 9.93. The Bertz CT molecular complexity index is 1180. The zero-order valence-corrected chi connectivity index (χ0v) is 15.3. The number of carbonyl (C=O) groups is 3. The van der Waals surface area contributed by atoms with Crippen molar-refractivity contribution in [2.24, 2.45) is 0 Å². The fourth-order valence-corrected chi connectivity index (χ4v) is 3.32. The van der Waals surface area contributed by atoms with E-state index in [1.165, 1.54) is 12.1 Å². The van der Waals surface area contributed by atoms with Crippen LogP contribution in [-0.2, 0) is 4.79 Å². The Hall–Kier alpha value is -4.14. The topological polar surface area (TPSA) is 136 Å². The van der Waals surface area contributed by atoms with Crippen LogP contribution in [0.2, 0.25) is 0 Å². The number of carboxylic acids is 1. The summed E-state index contributed by atoms with van der Waals surface area (Å²) >= 11 is 0. The Morgan fingerprint density at radius 2 is 2.00 bits per heavy atom. The highest BCUT2D eigenvalue weighted by Gasteiger charge is 2.31. The number of aromatic nitrogens is 2. The lowest BCUT2D eigenvalue weighted by molar-refractivity contribution is -0.113. The summed E-state index contributed by atoms with van der Waals surface area (Å²) in [6, 6.07) is 10.2. The van der Waals surface area contributed by atoms with E-state index in [0.717, 1.165) is 10.9 Å². The molecule has 0 saturated heterocycles. The maximum atomic E-state index is 13.1. The second-order valence-corrected chi connectivity index (χ2v) is 6.63. The number of hydrogen-bond acceptors (Lipinski definition) is 4. The molecule has 0 spiro atoms. The van der Waals surface area contributed by atoms with Gasteiger partial charge in [0.15, 0.2) is 0 Å². The summed E-state index contributed by atoms with van der Waals surface area (Å²) in [6.07, 6.45) is 1.65. The first kappa shape index (κ1) is 18.2. The normalized spacial score (nSPS) is 16.3. The molecule has 2 aromatic carbocycles. The van der Waals surface area contributed by atoms with E-state index in [9.17, 15) is 19.5 Å². The number of hydrogen-bond donors (Lipinski definition) is 5. The summed E-state index contributed by atoms with van der Waals surface area (Å²) in [7, 11) is 0. The van der Waals surface area contributed by atoms with Crippen molar-refractivity contribution in [2.45, 2.75) is 13.0 Å². The maximum absolute atomic E-state index is 13.1. The molecule has 0 aliphatic carbocycles. The van der Waals surface area contributed by atoms with Crippen LogP contribution in [0.5, 0.6) is 0 Å². The van der Waals surface area contributed by atoms with Gasteiger partial charge in [0.1, 0.15) is 0 Å². The summed E-state index contributed by atoms with van der Waals surface area (Å²) in [4.78, 5) is 36.4. The number of H-pyrrole nitrogens is 1. The van der Waals surface area contributed by atoms with Gasteiger partial charge in [0.05, 0.1) is 28.9 Å². The van der Waals surface area contributed by atoms with Crippen LogP contribution in [0.4, 0.5) is 10.5 Å². The maximum Gasteiger partial charge on any atom is 0.335 e. The number of urea groups is 1. The summed E-state index contributed by atoms with van der Waals surface area (Å²) in [5, 5.41) is 25.0. The van der Waals surface area contributed by atoms with Gasteiger partial charge in [-0.15, -0.1) is 0 Å². The summed E-state index contributed by atoms with van der Waals surface area (Å²) in [5.41, 5.74) is 2.65. The fourth-order valence-electron chi connectivity index (χ4n) is 3.32. The molecule has 1 aliphatic rings. The first-order chi connectivity index (χ1) is 13.9. The standard InChI is InChI=1S/C20H17N5O4/c1-10-16(18(26)23-14-5-6-15-13(8-14)9-21-25-15)17(24-20(29)22-10)11-3-2-4-12(7-11)19(27)28/h2-9,17H,1H3,(H,21,25)(H,23,26)(H,27,28)(H2,22,24,29). The number of rotatable bonds is 4. The minimum Gasteiger partial charge on any atom is -0.478 e. The Balaban J connectivity index is 1.68. The van der Waals surface area contributed by atoms with E-state index in [0.29, 0.717) is 22.5 Å². The van der Waals surface area contributed by atoms with E-state index >= 15 is 0 Å². The van der Waals surface area contributed by atoms with Gasteiger partial charge in [-0.25, -0.2) is 9.59 Å². The number of nitrogens with zero attached hydrogens (tertiary/aromatic N) is 1. The Kier molecular flexibility index (Phi) is 4.47. The molecule has 29 heavy (non-hydrogen) atoms. The van der Waals surface area contributed by atoms with E-state index in [-0.39, 0.29) is 5.56 Å². The van der Waals surface area contributed by atoms with E-state index in [1.807, 2.05) is 0 Å². The van der Waals surface area contributed by atoms with Crippen molar-refractivity contribution in [3.63, 3.8) is 0 Å². The third-order valence-electron chi connectivity index (χ3n) is 4.68. The third-order valence-corrected chi connectivity index (χ3v) is 4.68. The number of allylic oxidation sites excluding steroid dienone is 1. The minimum absolute atomic E-state index is 0.0677. The molecule has 3 aromatic rings. The van der Waals surface area contributed by atoms with Crippen molar-refractivity contribution < 1.29 is 19.5 Å². The SMILES string of the molecule is CC1=C(C(=O)Nc2ccc3[nH]ncc3c2)C(c2cccc(C(=O)O)c2)NC(=O)N1. The van der Waals surface area contributed by atoms with Crippen molar-refractivity contribution in [3.05, 3.63) is 71.1 Å². The van der Waals surface area contributed by atoms with Gasteiger partial charge < -0.3 is 21.1 Å². The number of anilines is 1. The average Bonchev–Trinajstić information content (AvgIpc) is 3.15. The molecule has 1 aromatic heterocycles. The van der Waals surface area contributed by atoms with E-state index in [1.54, 1.807) is 43.5 Å². The zero-order chi connectivity index (χ0) is 20.5. The molecule has 0 fully saturated rings. The molecule has 1 unspecified atom stereocenters. The van der Waals surface area contributed by atoms with Gasteiger partial charge in [0.2, 0.25) is 0 Å². The number of benzene rings is 2. The van der Waals surface area contributed by atoms with Crippen molar-refractivity contribution in [3.8, 4) is 0 Å². The molecular formula is C20H17N5O4. The molecule has 0 bridgehead atoms. The van der Waals surface area contributed by atoms with Gasteiger partial charge in [0, 0.05) is 16.8 Å². The highest BCUT2D eigenvalue weighted by atomic mass is 16.4. The average molecular weight is 391 g/mol. The van der Waals surface area contributed by atoms with Gasteiger partial charge in [-0.1, -0.05) is 12.1 Å². The lowest BCUT2D eigenvalue weighted by Crippen LogP contribution is -2.46. The molecule has 0 saturated carbocycles. The van der Waals surface area contributed by atoms with Crippen LogP contribution in [0.1, 0.15) is 28.9 Å². The molecule has 146 valence electrons. The Labute approximate surface area is 164 Å². The Morgan fingerprint density at radius 3 is 2.79 bits per heavy atom. The number of carbonyl (C=O) groups excluding carboxylic acids is 2. The van der Waals surface area contributed by atoms with Crippen LogP contribution in [0.25, 0.3) is 10.9 Å². The highest BCUT2D eigenvalue weighted by Crippen LogP contribution is 2.28. The monoisotopic (exact) mass is 391 g/mol. The molecule has 9 heteroatoms. The molecule has 3 amide bonds. The van der Waals surface area contributed by atoms with Crippen LogP contribution in [0.3, 0.4) is 0 Å². The molecular weight excluding hydrogens is 374 g/mol. The van der Waals surface area contributed by atoms with Crippen molar-refractivity contribution in [2.75, 3.05) is 5.32 Å². The van der Waals surface area contributed by atoms with Gasteiger partial charge in [-0.05, 0) is 42.8 Å². The molecule has 4 rings (SSSR count). The van der Waals surface area contributed by atoms with Crippen molar-refractivity contribution in [1.29, 1.82) is 0 Å². The van der Waals surface area contributed by atoms with Gasteiger partial charge >= 0.3 is 12.0 Å². The smallest absolute Gasteiger partial charge is 0.335 e. The second-order valence-electron chi connectivity index (χ2n) is 6.63. The number of aromatic amines is 1. The zero-order valence-electron chi connectivity index (χ0n) is 15.3. The van der Waals surface area contributed by atoms with Crippen LogP contribution in [0, 0.1) is 0 Å². The number of nitrogens with one attached hydrogen (secondary N) is 4. The Morgan fingerprint density at radius 1 is 1.17 bits per heavy atom. The predicted molar refractivity (Wildman–Crippen MR) is 105 cm³/mol. The van der Waals surface area contributed by atoms with E-state index in [2.05, 4.69) is 26.1 Å². The first-order valence-electron chi connectivity index (χ1n) is 8.78. The summed E-state index contributed by atoms with van der Waals surface area (Å²) in [6.45, 7) is 1.63. The van der Waals surface area contributed by atoms with Crippen LogP contribution >= 0.6 is 0 Å². The largest absolute Gasteiger partial charge is 0.478 e. The van der Waals surface area contributed by atoms with Crippen LogP contribution in [0.15, 0.2) is 59.9 Å². The van der Waals surface area contributed by atoms with Crippen molar-refractivity contribution in [1.82, 2.24) is 20.8 Å². The second kappa shape index (κ2) is 7.12. The lowest BCUT2D eigenvalue weighted by Gasteiger charge is -2.28. The molecule has 2 heterocycles. The summed E-state index contributed by atoms with van der Waals surface area (Å²) in [5.74, 6) is -1.50. The molecule has 1 aliphatic heterocycles. The van der Waals surface area contributed by atoms with Crippen LogP contribution < -0.4 is 16.0 Å². The molecule has 9 nitrogen and oxygen atoms in total. The molecule has 5 N–H and O–H groups in total. The van der Waals surface area contributed by atoms with Gasteiger partial charge in [0.25, 0.3) is 5.91 Å².